The van der Waals surface area contributed by atoms with Gasteiger partial charge in [-0.05, 0) is 30.3 Å². The third kappa shape index (κ3) is 1.98. The van der Waals surface area contributed by atoms with Crippen LogP contribution in [0.15, 0.2) is 48.8 Å². The molecule has 3 rings (SSSR count). The van der Waals surface area contributed by atoms with Gasteiger partial charge in [-0.15, -0.1) is 5.10 Å². The molecule has 0 aliphatic carbocycles. The zero-order valence-corrected chi connectivity index (χ0v) is 9.78. The van der Waals surface area contributed by atoms with E-state index in [1.165, 1.54) is 0 Å². The molecule has 2 heterocycles. The number of nitrogens with zero attached hydrogens (tertiary/aromatic N) is 3. The van der Waals surface area contributed by atoms with Crippen molar-refractivity contribution in [1.29, 1.82) is 0 Å². The molecule has 2 aromatic heterocycles. The number of fused-ring (bicyclic) bond motifs is 1. The van der Waals surface area contributed by atoms with Crippen LogP contribution in [-0.4, -0.2) is 21.9 Å². The van der Waals surface area contributed by atoms with E-state index in [1.807, 2.05) is 36.4 Å². The summed E-state index contributed by atoms with van der Waals surface area (Å²) in [7, 11) is 1.64. The Morgan fingerprint density at radius 1 is 1.00 bits per heavy atom. The Labute approximate surface area is 104 Å². The summed E-state index contributed by atoms with van der Waals surface area (Å²) >= 11 is 0. The third-order valence-electron chi connectivity index (χ3n) is 2.57. The van der Waals surface area contributed by atoms with Crippen molar-refractivity contribution in [3.05, 3.63) is 48.8 Å². The fourth-order valence-corrected chi connectivity index (χ4v) is 1.65. The number of aromatic nitrogens is 3. The normalized spacial score (nSPS) is 10.5. The summed E-state index contributed by atoms with van der Waals surface area (Å²) in [6.07, 6.45) is 3.49. The van der Waals surface area contributed by atoms with Crippen LogP contribution in [0.4, 0.5) is 0 Å². The van der Waals surface area contributed by atoms with E-state index in [4.69, 9.17) is 9.47 Å². The molecule has 0 aliphatic rings. The van der Waals surface area contributed by atoms with Crippen LogP contribution in [0.3, 0.4) is 0 Å². The highest BCUT2D eigenvalue weighted by Crippen LogP contribution is 2.24. The van der Waals surface area contributed by atoms with Crippen molar-refractivity contribution in [2.45, 2.75) is 0 Å². The Hall–Kier alpha value is -2.56. The van der Waals surface area contributed by atoms with Gasteiger partial charge in [0.05, 0.1) is 18.8 Å². The number of benzene rings is 1. The van der Waals surface area contributed by atoms with Crippen LogP contribution in [0.1, 0.15) is 0 Å². The van der Waals surface area contributed by atoms with Gasteiger partial charge < -0.3 is 9.47 Å². The molecule has 18 heavy (non-hydrogen) atoms. The molecule has 0 saturated carbocycles. The first kappa shape index (κ1) is 10.6. The minimum absolute atomic E-state index is 0.745. The lowest BCUT2D eigenvalue weighted by Gasteiger charge is -2.06. The lowest BCUT2D eigenvalue weighted by molar-refractivity contribution is 0.413. The summed E-state index contributed by atoms with van der Waals surface area (Å²) in [5.74, 6) is 2.31. The average molecular weight is 241 g/mol. The summed E-state index contributed by atoms with van der Waals surface area (Å²) in [4.78, 5) is 0. The second-order valence-electron chi connectivity index (χ2n) is 3.74. The van der Waals surface area contributed by atoms with E-state index >= 15 is 0 Å². The molecule has 5 heteroatoms. The smallest absolute Gasteiger partial charge is 0.131 e. The van der Waals surface area contributed by atoms with Crippen molar-refractivity contribution in [3.8, 4) is 17.2 Å². The summed E-state index contributed by atoms with van der Waals surface area (Å²) in [6, 6.07) is 11.1. The lowest BCUT2D eigenvalue weighted by Crippen LogP contribution is -1.89. The first-order chi connectivity index (χ1) is 8.85. The van der Waals surface area contributed by atoms with Crippen molar-refractivity contribution >= 4 is 5.52 Å². The van der Waals surface area contributed by atoms with Gasteiger partial charge in [-0.2, -0.15) is 0 Å². The largest absolute Gasteiger partial charge is 0.497 e. The number of hydrogen-bond acceptors (Lipinski definition) is 4. The highest BCUT2D eigenvalue weighted by atomic mass is 16.5. The summed E-state index contributed by atoms with van der Waals surface area (Å²) in [5, 5.41) is 7.70. The standard InChI is InChI=1S/C13H11N3O2/c1-17-11-2-4-12(5-3-11)18-13-6-7-16-10(8-13)9-14-15-16/h2-9H,1H3. The van der Waals surface area contributed by atoms with Gasteiger partial charge in [0, 0.05) is 12.3 Å². The van der Waals surface area contributed by atoms with E-state index in [2.05, 4.69) is 10.3 Å². The Bertz CT molecular complexity index is 661. The number of hydrogen-bond donors (Lipinski definition) is 0. The van der Waals surface area contributed by atoms with Crippen molar-refractivity contribution < 1.29 is 9.47 Å². The topological polar surface area (TPSA) is 48.7 Å². The zero-order chi connectivity index (χ0) is 12.4. The van der Waals surface area contributed by atoms with Crippen LogP contribution in [0, 0.1) is 0 Å². The van der Waals surface area contributed by atoms with E-state index in [0.29, 0.717) is 0 Å². The molecule has 5 nitrogen and oxygen atoms in total. The second-order valence-corrected chi connectivity index (χ2v) is 3.74. The molecule has 0 spiro atoms. The van der Waals surface area contributed by atoms with Crippen LogP contribution >= 0.6 is 0 Å². The van der Waals surface area contributed by atoms with E-state index in [9.17, 15) is 0 Å². The SMILES string of the molecule is COc1ccc(Oc2ccn3nncc3c2)cc1. The van der Waals surface area contributed by atoms with Crippen LogP contribution in [0.2, 0.25) is 0 Å². The van der Waals surface area contributed by atoms with E-state index in [-0.39, 0.29) is 0 Å². The molecule has 0 atom stereocenters. The van der Waals surface area contributed by atoms with Crippen molar-refractivity contribution in [2.24, 2.45) is 0 Å². The number of methoxy groups -OCH3 is 1. The third-order valence-corrected chi connectivity index (χ3v) is 2.57. The maximum absolute atomic E-state index is 5.73. The first-order valence-electron chi connectivity index (χ1n) is 5.47. The van der Waals surface area contributed by atoms with Gasteiger partial charge in [-0.1, -0.05) is 5.21 Å². The van der Waals surface area contributed by atoms with Crippen molar-refractivity contribution in [3.63, 3.8) is 0 Å². The van der Waals surface area contributed by atoms with Gasteiger partial charge in [0.25, 0.3) is 0 Å². The van der Waals surface area contributed by atoms with Crippen LogP contribution in [0.5, 0.6) is 17.2 Å². The molecule has 0 amide bonds. The molecule has 0 unspecified atom stereocenters. The maximum atomic E-state index is 5.73. The Kier molecular flexibility index (Phi) is 2.57. The van der Waals surface area contributed by atoms with Crippen LogP contribution in [-0.2, 0) is 0 Å². The fourth-order valence-electron chi connectivity index (χ4n) is 1.65. The predicted octanol–water partition coefficient (Wildman–Crippen LogP) is 2.53. The minimum Gasteiger partial charge on any atom is -0.497 e. The Morgan fingerprint density at radius 3 is 2.56 bits per heavy atom. The molecule has 0 saturated heterocycles. The van der Waals surface area contributed by atoms with E-state index < -0.39 is 0 Å². The Morgan fingerprint density at radius 2 is 1.78 bits per heavy atom. The monoisotopic (exact) mass is 241 g/mol. The zero-order valence-electron chi connectivity index (χ0n) is 9.78. The lowest BCUT2D eigenvalue weighted by atomic mass is 10.3. The molecule has 1 aromatic carbocycles. The van der Waals surface area contributed by atoms with Gasteiger partial charge >= 0.3 is 0 Å². The molecule has 0 bridgehead atoms. The summed E-state index contributed by atoms with van der Waals surface area (Å²) < 4.78 is 12.5. The van der Waals surface area contributed by atoms with Gasteiger partial charge in [0.1, 0.15) is 17.2 Å². The molecule has 90 valence electrons. The maximum Gasteiger partial charge on any atom is 0.131 e. The van der Waals surface area contributed by atoms with Gasteiger partial charge in [0.2, 0.25) is 0 Å². The molecule has 0 N–H and O–H groups in total. The molecule has 3 aromatic rings. The number of pyridine rings is 1. The summed E-state index contributed by atoms with van der Waals surface area (Å²) in [5.41, 5.74) is 0.890. The highest BCUT2D eigenvalue weighted by molar-refractivity contribution is 5.49. The average Bonchev–Trinajstić information content (AvgIpc) is 2.87. The molecule has 0 radical (unpaired) electrons. The first-order valence-corrected chi connectivity index (χ1v) is 5.47. The van der Waals surface area contributed by atoms with Crippen LogP contribution in [0.25, 0.3) is 5.52 Å². The van der Waals surface area contributed by atoms with Crippen molar-refractivity contribution in [1.82, 2.24) is 14.8 Å². The Balaban J connectivity index is 1.85. The highest BCUT2D eigenvalue weighted by Gasteiger charge is 2.00. The van der Waals surface area contributed by atoms with Crippen LogP contribution < -0.4 is 9.47 Å². The van der Waals surface area contributed by atoms with Gasteiger partial charge in [-0.3, -0.25) is 0 Å². The molecular formula is C13H11N3O2. The quantitative estimate of drug-likeness (QED) is 0.707. The van der Waals surface area contributed by atoms with Gasteiger partial charge in [-0.25, -0.2) is 4.52 Å². The number of ether oxygens (including phenoxy) is 2. The van der Waals surface area contributed by atoms with Crippen molar-refractivity contribution in [2.75, 3.05) is 7.11 Å². The van der Waals surface area contributed by atoms with E-state index in [1.54, 1.807) is 24.0 Å². The molecule has 0 aliphatic heterocycles. The van der Waals surface area contributed by atoms with E-state index in [0.717, 1.165) is 22.8 Å². The number of rotatable bonds is 3. The summed E-state index contributed by atoms with van der Waals surface area (Å²) in [6.45, 7) is 0. The molecular weight excluding hydrogens is 230 g/mol. The van der Waals surface area contributed by atoms with Gasteiger partial charge in [0.15, 0.2) is 0 Å². The predicted molar refractivity (Wildman–Crippen MR) is 66.1 cm³/mol. The minimum atomic E-state index is 0.745. The second kappa shape index (κ2) is 4.37. The molecule has 0 fully saturated rings. The fraction of sp³-hybridized carbons (Fsp3) is 0.0769.